The van der Waals surface area contributed by atoms with Gasteiger partial charge in [-0.05, 0) is 71.6 Å². The molecule has 11 heteroatoms. The zero-order valence-electron chi connectivity index (χ0n) is 25.7. The fourth-order valence-corrected chi connectivity index (χ4v) is 5.07. The first-order chi connectivity index (χ1) is 18.9. The molecule has 1 fully saturated rings. The first kappa shape index (κ1) is 34.8. The zero-order valence-corrected chi connectivity index (χ0v) is 26.5. The second kappa shape index (κ2) is 14.6. The largest absolute Gasteiger partial charge is 0.444 e. The van der Waals surface area contributed by atoms with Crippen LogP contribution in [-0.4, -0.2) is 77.4 Å². The van der Waals surface area contributed by atoms with E-state index in [-0.39, 0.29) is 48.8 Å². The highest BCUT2D eigenvalue weighted by atomic mass is 35.5. The molecule has 3 atom stereocenters. The number of alkyl carbamates (subject to hydrolysis) is 1. The molecule has 1 aliphatic heterocycles. The Hall–Kier alpha value is -2.43. The number of hydrogen-bond acceptors (Lipinski definition) is 6. The lowest BCUT2D eigenvalue weighted by Crippen LogP contribution is -2.65. The molecule has 0 spiro atoms. The second-order valence-corrected chi connectivity index (χ2v) is 13.2. The number of anilines is 1. The molecule has 0 bridgehead atoms. The maximum Gasteiger partial charge on any atom is 0.408 e. The Kier molecular flexibility index (Phi) is 12.4. The van der Waals surface area contributed by atoms with Crippen LogP contribution < -0.4 is 15.5 Å². The lowest BCUT2D eigenvalue weighted by atomic mass is 9.86. The molecule has 0 saturated carbocycles. The van der Waals surface area contributed by atoms with Crippen LogP contribution in [0.2, 0.25) is 5.02 Å². The summed E-state index contributed by atoms with van der Waals surface area (Å²) in [7, 11) is 0. The lowest BCUT2D eigenvalue weighted by Gasteiger charge is -2.48. The van der Waals surface area contributed by atoms with E-state index in [9.17, 15) is 23.9 Å². The van der Waals surface area contributed by atoms with Gasteiger partial charge in [-0.3, -0.25) is 14.5 Å². The van der Waals surface area contributed by atoms with E-state index in [4.69, 9.17) is 16.3 Å². The molecule has 232 valence electrons. The number of halogens is 2. The Balaban J connectivity index is 2.29. The van der Waals surface area contributed by atoms with Gasteiger partial charge in [0.1, 0.15) is 11.4 Å². The summed E-state index contributed by atoms with van der Waals surface area (Å²) >= 11 is 6.30. The van der Waals surface area contributed by atoms with Crippen LogP contribution in [-0.2, 0) is 14.3 Å². The quantitative estimate of drug-likeness (QED) is 0.300. The molecule has 3 amide bonds. The number of amides is 3. The van der Waals surface area contributed by atoms with Crippen molar-refractivity contribution in [2.45, 2.75) is 97.9 Å². The average molecular weight is 599 g/mol. The molecule has 1 aromatic carbocycles. The third-order valence-corrected chi connectivity index (χ3v) is 7.60. The third-order valence-electron chi connectivity index (χ3n) is 7.28. The number of ether oxygens (including phenoxy) is 1. The first-order valence-corrected chi connectivity index (χ1v) is 14.8. The normalized spacial score (nSPS) is 18.1. The fourth-order valence-electron chi connectivity index (χ4n) is 4.85. The van der Waals surface area contributed by atoms with Gasteiger partial charge in [0.2, 0.25) is 11.8 Å². The van der Waals surface area contributed by atoms with Crippen LogP contribution in [0.3, 0.4) is 0 Å². The van der Waals surface area contributed by atoms with E-state index in [1.165, 1.54) is 23.1 Å². The minimum atomic E-state index is -1.10. The predicted octanol–water partition coefficient (Wildman–Crippen LogP) is 4.74. The van der Waals surface area contributed by atoms with Crippen molar-refractivity contribution in [3.05, 3.63) is 29.0 Å². The number of benzene rings is 1. The maximum absolute atomic E-state index is 14.0. The molecule has 2 rings (SSSR count). The Morgan fingerprint density at radius 2 is 1.90 bits per heavy atom. The summed E-state index contributed by atoms with van der Waals surface area (Å²) in [5.74, 6) is -1.46. The molecule has 1 aliphatic rings. The zero-order chi connectivity index (χ0) is 31.1. The van der Waals surface area contributed by atoms with E-state index in [0.29, 0.717) is 12.2 Å². The molecular formula is C30H48ClFN4O5. The van der Waals surface area contributed by atoms with Crippen LogP contribution >= 0.6 is 11.6 Å². The lowest BCUT2D eigenvalue weighted by molar-refractivity contribution is -0.127. The van der Waals surface area contributed by atoms with Crippen molar-refractivity contribution in [1.29, 1.82) is 0 Å². The van der Waals surface area contributed by atoms with E-state index < -0.39 is 41.1 Å². The summed E-state index contributed by atoms with van der Waals surface area (Å²) in [5, 5.41) is 17.4. The minimum absolute atomic E-state index is 0.0500. The number of nitrogens with one attached hydrogen (secondary N) is 2. The number of hydrogen-bond donors (Lipinski definition) is 3. The molecule has 0 aliphatic carbocycles. The molecule has 0 aromatic heterocycles. The number of carbonyl (C=O) groups excluding carboxylic acids is 3. The summed E-state index contributed by atoms with van der Waals surface area (Å²) in [5.41, 5.74) is -1.10. The van der Waals surface area contributed by atoms with Crippen molar-refractivity contribution in [3.63, 3.8) is 0 Å². The highest BCUT2D eigenvalue weighted by Gasteiger charge is 2.42. The highest BCUT2D eigenvalue weighted by Crippen LogP contribution is 2.32. The number of aliphatic hydroxyl groups is 1. The van der Waals surface area contributed by atoms with Crippen LogP contribution in [0.4, 0.5) is 14.9 Å². The molecule has 0 radical (unpaired) electrons. The molecular weight excluding hydrogens is 551 g/mol. The van der Waals surface area contributed by atoms with E-state index in [2.05, 4.69) is 10.6 Å². The van der Waals surface area contributed by atoms with Gasteiger partial charge in [-0.2, -0.15) is 0 Å². The third kappa shape index (κ3) is 10.4. The van der Waals surface area contributed by atoms with Crippen molar-refractivity contribution < 1.29 is 28.6 Å². The first-order valence-electron chi connectivity index (χ1n) is 14.4. The summed E-state index contributed by atoms with van der Waals surface area (Å²) in [6, 6.07) is 3.05. The number of piperazine rings is 1. The van der Waals surface area contributed by atoms with Crippen LogP contribution in [0.1, 0.15) is 74.7 Å². The molecule has 1 heterocycles. The summed E-state index contributed by atoms with van der Waals surface area (Å²) in [6.45, 7) is 15.8. The van der Waals surface area contributed by atoms with Crippen molar-refractivity contribution in [2.75, 3.05) is 31.1 Å². The van der Waals surface area contributed by atoms with Crippen LogP contribution in [0.15, 0.2) is 18.2 Å². The number of aliphatic hydroxyl groups excluding tert-OH is 1. The number of unbranched alkanes of at least 4 members (excludes halogenated alkanes) is 1. The Bertz CT molecular complexity index is 1060. The van der Waals surface area contributed by atoms with Crippen molar-refractivity contribution in [3.8, 4) is 0 Å². The van der Waals surface area contributed by atoms with Gasteiger partial charge in [0, 0.05) is 31.1 Å². The van der Waals surface area contributed by atoms with Crippen molar-refractivity contribution >= 4 is 35.2 Å². The van der Waals surface area contributed by atoms with E-state index in [0.717, 1.165) is 12.8 Å². The number of rotatable bonds is 12. The fraction of sp³-hybridized carbons (Fsp3) is 0.700. The van der Waals surface area contributed by atoms with Crippen molar-refractivity contribution in [2.24, 2.45) is 11.8 Å². The Morgan fingerprint density at radius 1 is 1.24 bits per heavy atom. The summed E-state index contributed by atoms with van der Waals surface area (Å²) < 4.78 is 19.4. The minimum Gasteiger partial charge on any atom is -0.444 e. The Labute approximate surface area is 249 Å². The molecule has 1 saturated heterocycles. The van der Waals surface area contributed by atoms with Gasteiger partial charge in [0.15, 0.2) is 0 Å². The average Bonchev–Trinajstić information content (AvgIpc) is 2.84. The van der Waals surface area contributed by atoms with Gasteiger partial charge in [-0.1, -0.05) is 38.8 Å². The summed E-state index contributed by atoms with van der Waals surface area (Å²) in [4.78, 5) is 42.4. The molecule has 1 aromatic rings. The van der Waals surface area contributed by atoms with E-state index in [1.807, 2.05) is 39.5 Å². The Morgan fingerprint density at radius 3 is 2.49 bits per heavy atom. The second-order valence-electron chi connectivity index (χ2n) is 12.8. The molecule has 41 heavy (non-hydrogen) atoms. The maximum atomic E-state index is 14.0. The van der Waals surface area contributed by atoms with Gasteiger partial charge in [0.05, 0.1) is 29.4 Å². The van der Waals surface area contributed by atoms with Gasteiger partial charge in [-0.25, -0.2) is 9.18 Å². The molecule has 9 nitrogen and oxygen atoms in total. The van der Waals surface area contributed by atoms with E-state index in [1.54, 1.807) is 20.8 Å². The van der Waals surface area contributed by atoms with Gasteiger partial charge in [0.25, 0.3) is 0 Å². The van der Waals surface area contributed by atoms with Gasteiger partial charge >= 0.3 is 6.09 Å². The molecule has 3 N–H and O–H groups in total. The van der Waals surface area contributed by atoms with Crippen LogP contribution in [0.5, 0.6) is 0 Å². The predicted molar refractivity (Wildman–Crippen MR) is 159 cm³/mol. The van der Waals surface area contributed by atoms with Gasteiger partial charge in [-0.15, -0.1) is 0 Å². The smallest absolute Gasteiger partial charge is 0.408 e. The SMILES string of the molecule is CCCCNC(=O)[C@@H](C[C@H](O)[C@H](CN1CC(=O)N(c2cc(F)ccc2Cl)CC1(C)C)NC(=O)OC(C)(C)C)C(C)C. The topological polar surface area (TPSA) is 111 Å². The van der Waals surface area contributed by atoms with Crippen molar-refractivity contribution in [1.82, 2.24) is 15.5 Å². The number of nitrogens with zero attached hydrogens (tertiary/aromatic N) is 2. The monoisotopic (exact) mass is 598 g/mol. The standard InChI is InChI=1S/C30H48ClFN4O5/c1-9-10-13-33-27(39)21(19(2)3)15-25(37)23(34-28(40)41-29(4,5)6)16-35-17-26(38)36(18-30(35,7)8)24-14-20(32)11-12-22(24)31/h11-12,14,19,21,23,25,37H,9-10,13,15-18H2,1-8H3,(H,33,39)(H,34,40)/t21-,23-,25-/m0/s1. The summed E-state index contributed by atoms with van der Waals surface area (Å²) in [6.07, 6.45) is 0.115. The highest BCUT2D eigenvalue weighted by molar-refractivity contribution is 6.33. The van der Waals surface area contributed by atoms with Crippen LogP contribution in [0.25, 0.3) is 0 Å². The van der Waals surface area contributed by atoms with Crippen LogP contribution in [0, 0.1) is 17.7 Å². The van der Waals surface area contributed by atoms with E-state index >= 15 is 0 Å². The van der Waals surface area contributed by atoms with Gasteiger partial charge < -0.3 is 25.4 Å². The molecule has 0 unspecified atom stereocenters. The number of carbonyl (C=O) groups is 3.